The number of benzene rings is 2. The van der Waals surface area contributed by atoms with Gasteiger partial charge in [0, 0.05) is 5.02 Å². The molecule has 4 nitrogen and oxygen atoms in total. The summed E-state index contributed by atoms with van der Waals surface area (Å²) in [6.45, 7) is 4.84. The average molecular weight is 361 g/mol. The molecular formula is C20H25ClN2O2. The Bertz CT molecular complexity index is 717. The number of rotatable bonds is 9. The third kappa shape index (κ3) is 5.98. The molecule has 0 fully saturated rings. The van der Waals surface area contributed by atoms with Crippen molar-refractivity contribution in [2.24, 2.45) is 5.10 Å². The Balaban J connectivity index is 1.98. The number of nitrogens with zero attached hydrogens (tertiary/aromatic N) is 1. The van der Waals surface area contributed by atoms with Crippen LogP contribution in [0.3, 0.4) is 0 Å². The Morgan fingerprint density at radius 3 is 2.68 bits per heavy atom. The SMILES string of the molecule is CCCCCOc1ccc(/C=N/Nc2ccc(C)c(Cl)c2)cc1OC. The van der Waals surface area contributed by atoms with Crippen molar-refractivity contribution in [1.29, 1.82) is 0 Å². The molecule has 0 atom stereocenters. The first-order chi connectivity index (χ1) is 12.1. The molecule has 0 aliphatic rings. The van der Waals surface area contributed by atoms with Crippen LogP contribution in [0.2, 0.25) is 5.02 Å². The molecule has 0 radical (unpaired) electrons. The van der Waals surface area contributed by atoms with E-state index >= 15 is 0 Å². The maximum atomic E-state index is 6.11. The lowest BCUT2D eigenvalue weighted by Crippen LogP contribution is -2.00. The Morgan fingerprint density at radius 2 is 1.96 bits per heavy atom. The average Bonchev–Trinajstić information content (AvgIpc) is 2.62. The summed E-state index contributed by atoms with van der Waals surface area (Å²) in [6, 6.07) is 11.5. The smallest absolute Gasteiger partial charge is 0.161 e. The van der Waals surface area contributed by atoms with E-state index in [1.54, 1.807) is 13.3 Å². The van der Waals surface area contributed by atoms with E-state index in [1.165, 1.54) is 12.8 Å². The zero-order chi connectivity index (χ0) is 18.1. The van der Waals surface area contributed by atoms with Crippen LogP contribution < -0.4 is 14.9 Å². The predicted octanol–water partition coefficient (Wildman–Crippen LogP) is 5.67. The molecule has 134 valence electrons. The first-order valence-corrected chi connectivity index (χ1v) is 8.88. The van der Waals surface area contributed by atoms with Gasteiger partial charge in [-0.05, 0) is 54.8 Å². The summed E-state index contributed by atoms with van der Waals surface area (Å²) in [6.07, 6.45) is 5.12. The number of hydrogen-bond acceptors (Lipinski definition) is 4. The maximum absolute atomic E-state index is 6.11. The second kappa shape index (κ2) is 9.94. The molecule has 0 aromatic heterocycles. The van der Waals surface area contributed by atoms with E-state index in [9.17, 15) is 0 Å². The quantitative estimate of drug-likeness (QED) is 0.356. The van der Waals surface area contributed by atoms with Gasteiger partial charge in [-0.3, -0.25) is 5.43 Å². The Morgan fingerprint density at radius 1 is 1.12 bits per heavy atom. The monoisotopic (exact) mass is 360 g/mol. The van der Waals surface area contributed by atoms with Crippen molar-refractivity contribution in [2.75, 3.05) is 19.1 Å². The Labute approximate surface area is 154 Å². The highest BCUT2D eigenvalue weighted by Crippen LogP contribution is 2.28. The lowest BCUT2D eigenvalue weighted by molar-refractivity contribution is 0.286. The summed E-state index contributed by atoms with van der Waals surface area (Å²) in [5.74, 6) is 1.47. The highest BCUT2D eigenvalue weighted by Gasteiger charge is 2.05. The normalized spacial score (nSPS) is 10.9. The van der Waals surface area contributed by atoms with E-state index in [2.05, 4.69) is 17.5 Å². The van der Waals surface area contributed by atoms with Crippen molar-refractivity contribution in [2.45, 2.75) is 33.1 Å². The number of unbranched alkanes of at least 4 members (excludes halogenated alkanes) is 2. The van der Waals surface area contributed by atoms with Crippen LogP contribution in [0.25, 0.3) is 0 Å². The first-order valence-electron chi connectivity index (χ1n) is 8.50. The third-order valence-electron chi connectivity index (χ3n) is 3.77. The molecule has 0 heterocycles. The summed E-state index contributed by atoms with van der Waals surface area (Å²) in [5.41, 5.74) is 5.77. The van der Waals surface area contributed by atoms with Crippen LogP contribution >= 0.6 is 11.6 Å². The van der Waals surface area contributed by atoms with Gasteiger partial charge < -0.3 is 9.47 Å². The molecule has 1 N–H and O–H groups in total. The maximum Gasteiger partial charge on any atom is 0.161 e. The predicted molar refractivity (Wildman–Crippen MR) is 105 cm³/mol. The van der Waals surface area contributed by atoms with Gasteiger partial charge in [0.1, 0.15) is 0 Å². The van der Waals surface area contributed by atoms with E-state index < -0.39 is 0 Å². The van der Waals surface area contributed by atoms with Gasteiger partial charge in [-0.1, -0.05) is 37.4 Å². The van der Waals surface area contributed by atoms with Crippen molar-refractivity contribution >= 4 is 23.5 Å². The number of hydrogen-bond donors (Lipinski definition) is 1. The topological polar surface area (TPSA) is 42.8 Å². The minimum Gasteiger partial charge on any atom is -0.493 e. The molecule has 5 heteroatoms. The van der Waals surface area contributed by atoms with Gasteiger partial charge in [-0.25, -0.2) is 0 Å². The number of ether oxygens (including phenoxy) is 2. The number of halogens is 1. The molecule has 0 aliphatic heterocycles. The van der Waals surface area contributed by atoms with Gasteiger partial charge in [0.15, 0.2) is 11.5 Å². The van der Waals surface area contributed by atoms with Crippen LogP contribution in [0.1, 0.15) is 37.3 Å². The molecular weight excluding hydrogens is 336 g/mol. The van der Waals surface area contributed by atoms with E-state index in [-0.39, 0.29) is 0 Å². The van der Waals surface area contributed by atoms with Crippen LogP contribution in [0.4, 0.5) is 5.69 Å². The highest BCUT2D eigenvalue weighted by atomic mass is 35.5. The molecule has 0 saturated carbocycles. The van der Waals surface area contributed by atoms with Gasteiger partial charge in [-0.15, -0.1) is 0 Å². The molecule has 2 aromatic carbocycles. The largest absolute Gasteiger partial charge is 0.493 e. The fourth-order valence-electron chi connectivity index (χ4n) is 2.26. The summed E-state index contributed by atoms with van der Waals surface area (Å²) in [7, 11) is 1.64. The van der Waals surface area contributed by atoms with E-state index in [0.29, 0.717) is 17.4 Å². The fraction of sp³-hybridized carbons (Fsp3) is 0.350. The molecule has 25 heavy (non-hydrogen) atoms. The fourth-order valence-corrected chi connectivity index (χ4v) is 2.44. The van der Waals surface area contributed by atoms with Crippen molar-refractivity contribution in [1.82, 2.24) is 0 Å². The van der Waals surface area contributed by atoms with E-state index in [4.69, 9.17) is 21.1 Å². The second-order valence-corrected chi connectivity index (χ2v) is 6.21. The van der Waals surface area contributed by atoms with Crippen molar-refractivity contribution in [3.05, 3.63) is 52.5 Å². The zero-order valence-corrected chi connectivity index (χ0v) is 15.8. The van der Waals surface area contributed by atoms with Gasteiger partial charge in [0.05, 0.1) is 25.6 Å². The van der Waals surface area contributed by atoms with Gasteiger partial charge in [0.25, 0.3) is 0 Å². The summed E-state index contributed by atoms with van der Waals surface area (Å²) >= 11 is 6.11. The molecule has 0 aliphatic carbocycles. The highest BCUT2D eigenvalue weighted by molar-refractivity contribution is 6.31. The van der Waals surface area contributed by atoms with Crippen LogP contribution in [0.5, 0.6) is 11.5 Å². The summed E-state index contributed by atoms with van der Waals surface area (Å²) in [5, 5.41) is 4.96. The van der Waals surface area contributed by atoms with Gasteiger partial charge in [0.2, 0.25) is 0 Å². The lowest BCUT2D eigenvalue weighted by atomic mass is 10.2. The number of hydrazone groups is 1. The summed E-state index contributed by atoms with van der Waals surface area (Å²) < 4.78 is 11.2. The zero-order valence-electron chi connectivity index (χ0n) is 15.0. The van der Waals surface area contributed by atoms with Crippen molar-refractivity contribution in [3.63, 3.8) is 0 Å². The second-order valence-electron chi connectivity index (χ2n) is 5.80. The molecule has 0 saturated heterocycles. The van der Waals surface area contributed by atoms with Crippen molar-refractivity contribution < 1.29 is 9.47 Å². The number of anilines is 1. The third-order valence-corrected chi connectivity index (χ3v) is 4.18. The minimum absolute atomic E-state index is 0.702. The van der Waals surface area contributed by atoms with Crippen LogP contribution in [0.15, 0.2) is 41.5 Å². The molecule has 0 bridgehead atoms. The molecule has 0 spiro atoms. The molecule has 0 unspecified atom stereocenters. The van der Waals surface area contributed by atoms with Gasteiger partial charge >= 0.3 is 0 Å². The van der Waals surface area contributed by atoms with E-state index in [0.717, 1.165) is 29.0 Å². The Hall–Kier alpha value is -2.20. The number of aryl methyl sites for hydroxylation is 1. The molecule has 2 aromatic rings. The van der Waals surface area contributed by atoms with Crippen molar-refractivity contribution in [3.8, 4) is 11.5 Å². The van der Waals surface area contributed by atoms with Gasteiger partial charge in [-0.2, -0.15) is 5.10 Å². The van der Waals surface area contributed by atoms with Crippen LogP contribution in [0, 0.1) is 6.92 Å². The first kappa shape index (κ1) is 19.1. The van der Waals surface area contributed by atoms with Crippen LogP contribution in [-0.4, -0.2) is 19.9 Å². The minimum atomic E-state index is 0.702. The lowest BCUT2D eigenvalue weighted by Gasteiger charge is -2.11. The van der Waals surface area contributed by atoms with Crippen LogP contribution in [-0.2, 0) is 0 Å². The standard InChI is InChI=1S/C20H25ClN2O2/c1-4-5-6-11-25-19-10-8-16(12-20(19)24-3)14-22-23-17-9-7-15(2)18(21)13-17/h7-10,12-14,23H,4-6,11H2,1-3H3/b22-14+. The summed E-state index contributed by atoms with van der Waals surface area (Å²) in [4.78, 5) is 0. The molecule has 2 rings (SSSR count). The molecule has 0 amide bonds. The number of methoxy groups -OCH3 is 1. The number of nitrogens with one attached hydrogen (secondary N) is 1. The van der Waals surface area contributed by atoms with E-state index in [1.807, 2.05) is 43.3 Å². The Kier molecular flexibility index (Phi) is 7.61.